The molecule has 2 bridgehead atoms. The molecule has 0 saturated carbocycles. The second-order valence-corrected chi connectivity index (χ2v) is 10.5. The zero-order valence-electron chi connectivity index (χ0n) is 22.4. The standard InChI is InChI=1S/C28H41N3O6/c1-5-8-15-29-26(34)24-28-14-13-21(37-28)22(23(28)27(35)31(24)20(16-32)17(4)6-2)25(33)30-18-9-11-19(12-10-18)36-7-3/h9-12,17,20-24,32H,5-8,13-16H2,1-4H3,(H,29,34)(H,30,33)/t17-,20-,21-,22+,23-,24?,28?/m0/s1. The van der Waals surface area contributed by atoms with E-state index in [1.54, 1.807) is 29.2 Å². The summed E-state index contributed by atoms with van der Waals surface area (Å²) in [5, 5.41) is 16.3. The lowest BCUT2D eigenvalue weighted by Gasteiger charge is -2.38. The molecule has 7 atom stereocenters. The number of ether oxygens (including phenoxy) is 2. The smallest absolute Gasteiger partial charge is 0.245 e. The number of nitrogens with one attached hydrogen (secondary N) is 2. The molecule has 3 amide bonds. The number of anilines is 1. The summed E-state index contributed by atoms with van der Waals surface area (Å²) in [6.07, 6.45) is 3.20. The SMILES string of the molecule is CCCCNC(=O)C1N([C@@H](CO)[C@@H](C)CC)C(=O)[C@@H]2[C@H](C(=O)Nc3ccc(OCC)cc3)[C@@H]3CCC12O3. The predicted octanol–water partition coefficient (Wildman–Crippen LogP) is 2.72. The lowest BCUT2D eigenvalue weighted by molar-refractivity contribution is -0.146. The molecule has 1 aromatic rings. The molecule has 3 N–H and O–H groups in total. The van der Waals surface area contributed by atoms with Crippen molar-refractivity contribution in [3.8, 4) is 5.75 Å². The van der Waals surface area contributed by atoms with Crippen molar-refractivity contribution >= 4 is 23.4 Å². The first kappa shape index (κ1) is 27.4. The third-order valence-electron chi connectivity index (χ3n) is 8.40. The van der Waals surface area contributed by atoms with E-state index in [2.05, 4.69) is 10.6 Å². The highest BCUT2D eigenvalue weighted by Gasteiger charge is 2.75. The molecule has 2 unspecified atom stereocenters. The maximum atomic E-state index is 14.1. The van der Waals surface area contributed by atoms with Crippen LogP contribution in [0.1, 0.15) is 59.8 Å². The van der Waals surface area contributed by atoms with E-state index < -0.39 is 35.6 Å². The van der Waals surface area contributed by atoms with Crippen molar-refractivity contribution in [2.24, 2.45) is 17.8 Å². The minimum Gasteiger partial charge on any atom is -0.494 e. The summed E-state index contributed by atoms with van der Waals surface area (Å²) in [5.41, 5.74) is -0.464. The molecule has 3 saturated heterocycles. The van der Waals surface area contributed by atoms with Gasteiger partial charge in [-0.15, -0.1) is 0 Å². The van der Waals surface area contributed by atoms with Crippen molar-refractivity contribution in [3.63, 3.8) is 0 Å². The fourth-order valence-electron chi connectivity index (χ4n) is 6.37. The molecule has 0 aliphatic carbocycles. The second-order valence-electron chi connectivity index (χ2n) is 10.5. The number of unbranched alkanes of at least 4 members (excludes halogenated alkanes) is 1. The average Bonchev–Trinajstić information content (AvgIpc) is 3.53. The van der Waals surface area contributed by atoms with Crippen molar-refractivity contribution in [2.45, 2.75) is 83.6 Å². The Labute approximate surface area is 219 Å². The van der Waals surface area contributed by atoms with Gasteiger partial charge in [0.2, 0.25) is 17.7 Å². The molecule has 204 valence electrons. The van der Waals surface area contributed by atoms with Crippen LogP contribution >= 0.6 is 0 Å². The van der Waals surface area contributed by atoms with Gasteiger partial charge in [0, 0.05) is 12.2 Å². The lowest BCUT2D eigenvalue weighted by atomic mass is 9.70. The fourth-order valence-corrected chi connectivity index (χ4v) is 6.37. The van der Waals surface area contributed by atoms with E-state index in [9.17, 15) is 19.5 Å². The molecule has 3 fully saturated rings. The van der Waals surface area contributed by atoms with Crippen molar-refractivity contribution in [2.75, 3.05) is 25.1 Å². The van der Waals surface area contributed by atoms with Crippen LogP contribution in [0.25, 0.3) is 0 Å². The Morgan fingerprint density at radius 1 is 1.22 bits per heavy atom. The van der Waals surface area contributed by atoms with Gasteiger partial charge in [0.05, 0.1) is 37.2 Å². The Hall–Kier alpha value is -2.65. The first-order chi connectivity index (χ1) is 17.8. The van der Waals surface area contributed by atoms with Crippen LogP contribution in [0.2, 0.25) is 0 Å². The summed E-state index contributed by atoms with van der Waals surface area (Å²) in [6.45, 7) is 8.73. The number of fused-ring (bicyclic) bond motifs is 1. The molecule has 1 spiro atoms. The molecule has 9 nitrogen and oxygen atoms in total. The van der Waals surface area contributed by atoms with E-state index >= 15 is 0 Å². The first-order valence-electron chi connectivity index (χ1n) is 13.7. The van der Waals surface area contributed by atoms with E-state index in [0.29, 0.717) is 37.4 Å². The molecule has 1 aromatic carbocycles. The number of nitrogens with zero attached hydrogens (tertiary/aromatic N) is 1. The van der Waals surface area contributed by atoms with E-state index in [1.807, 2.05) is 27.7 Å². The number of rotatable bonds is 12. The number of aliphatic hydroxyl groups is 1. The minimum atomic E-state index is -1.07. The van der Waals surface area contributed by atoms with E-state index in [1.165, 1.54) is 0 Å². The highest BCUT2D eigenvalue weighted by atomic mass is 16.5. The van der Waals surface area contributed by atoms with Crippen LogP contribution in [0.15, 0.2) is 24.3 Å². The molecule has 37 heavy (non-hydrogen) atoms. The van der Waals surface area contributed by atoms with Crippen molar-refractivity contribution in [1.82, 2.24) is 10.2 Å². The zero-order valence-corrected chi connectivity index (χ0v) is 22.4. The summed E-state index contributed by atoms with van der Waals surface area (Å²) in [5.74, 6) is -1.62. The normalized spacial score (nSPS) is 29.6. The monoisotopic (exact) mass is 515 g/mol. The minimum absolute atomic E-state index is 0.0246. The van der Waals surface area contributed by atoms with Gasteiger partial charge in [-0.05, 0) is 56.4 Å². The molecular weight excluding hydrogens is 474 g/mol. The first-order valence-corrected chi connectivity index (χ1v) is 13.7. The van der Waals surface area contributed by atoms with Crippen molar-refractivity contribution < 1.29 is 29.0 Å². The maximum Gasteiger partial charge on any atom is 0.245 e. The largest absolute Gasteiger partial charge is 0.494 e. The van der Waals surface area contributed by atoms with Crippen LogP contribution in [0, 0.1) is 17.8 Å². The number of aliphatic hydroxyl groups excluding tert-OH is 1. The number of hydrogen-bond donors (Lipinski definition) is 3. The van der Waals surface area contributed by atoms with Gasteiger partial charge in [-0.1, -0.05) is 33.6 Å². The number of carbonyl (C=O) groups excluding carboxylic acids is 3. The molecule has 3 heterocycles. The lowest BCUT2D eigenvalue weighted by Crippen LogP contribution is -2.59. The Bertz CT molecular complexity index is 985. The summed E-state index contributed by atoms with van der Waals surface area (Å²) in [7, 11) is 0. The fraction of sp³-hybridized carbons (Fsp3) is 0.679. The van der Waals surface area contributed by atoms with E-state index in [0.717, 1.165) is 19.3 Å². The molecule has 0 radical (unpaired) electrons. The van der Waals surface area contributed by atoms with Gasteiger partial charge in [-0.3, -0.25) is 14.4 Å². The van der Waals surface area contributed by atoms with Crippen LogP contribution < -0.4 is 15.4 Å². The van der Waals surface area contributed by atoms with Gasteiger partial charge < -0.3 is 30.1 Å². The molecular formula is C28H41N3O6. The van der Waals surface area contributed by atoms with Crippen molar-refractivity contribution in [1.29, 1.82) is 0 Å². The molecule has 3 aliphatic heterocycles. The van der Waals surface area contributed by atoms with Crippen LogP contribution in [0.4, 0.5) is 5.69 Å². The highest BCUT2D eigenvalue weighted by Crippen LogP contribution is 2.59. The van der Waals surface area contributed by atoms with Gasteiger partial charge in [0.15, 0.2) is 0 Å². The summed E-state index contributed by atoms with van der Waals surface area (Å²) in [6, 6.07) is 5.71. The Balaban J connectivity index is 1.64. The van der Waals surface area contributed by atoms with E-state index in [-0.39, 0.29) is 30.2 Å². The quantitative estimate of drug-likeness (QED) is 0.369. The zero-order chi connectivity index (χ0) is 26.7. The molecule has 9 heteroatoms. The Kier molecular flexibility index (Phi) is 8.43. The molecule has 4 rings (SSSR count). The van der Waals surface area contributed by atoms with Gasteiger partial charge in [-0.25, -0.2) is 0 Å². The Morgan fingerprint density at radius 2 is 1.95 bits per heavy atom. The summed E-state index contributed by atoms with van der Waals surface area (Å²) in [4.78, 5) is 42.8. The number of likely N-dealkylation sites (tertiary alicyclic amines) is 1. The second kappa shape index (κ2) is 11.4. The van der Waals surface area contributed by atoms with E-state index in [4.69, 9.17) is 9.47 Å². The number of amides is 3. The number of benzene rings is 1. The summed E-state index contributed by atoms with van der Waals surface area (Å²) < 4.78 is 11.9. The predicted molar refractivity (Wildman–Crippen MR) is 139 cm³/mol. The van der Waals surface area contributed by atoms with Crippen LogP contribution in [-0.4, -0.2) is 71.3 Å². The molecule has 3 aliphatic rings. The van der Waals surface area contributed by atoms with Gasteiger partial charge >= 0.3 is 0 Å². The van der Waals surface area contributed by atoms with Gasteiger partial charge in [0.1, 0.15) is 17.4 Å². The van der Waals surface area contributed by atoms with Crippen LogP contribution in [-0.2, 0) is 19.1 Å². The third-order valence-corrected chi connectivity index (χ3v) is 8.40. The van der Waals surface area contributed by atoms with Gasteiger partial charge in [-0.2, -0.15) is 0 Å². The topological polar surface area (TPSA) is 117 Å². The third kappa shape index (κ3) is 4.83. The average molecular weight is 516 g/mol. The molecule has 0 aromatic heterocycles. The number of carbonyl (C=O) groups is 3. The highest BCUT2D eigenvalue weighted by molar-refractivity contribution is 6.02. The van der Waals surface area contributed by atoms with Crippen LogP contribution in [0.5, 0.6) is 5.75 Å². The maximum absolute atomic E-state index is 14.1. The summed E-state index contributed by atoms with van der Waals surface area (Å²) >= 11 is 0. The van der Waals surface area contributed by atoms with Crippen LogP contribution in [0.3, 0.4) is 0 Å². The van der Waals surface area contributed by atoms with Crippen molar-refractivity contribution in [3.05, 3.63) is 24.3 Å². The van der Waals surface area contributed by atoms with Gasteiger partial charge in [0.25, 0.3) is 0 Å². The number of hydrogen-bond acceptors (Lipinski definition) is 6. The Morgan fingerprint density at radius 3 is 2.57 bits per heavy atom.